The normalized spacial score (nSPS) is 20.9. The van der Waals surface area contributed by atoms with Crippen molar-refractivity contribution in [2.24, 2.45) is 0 Å². The number of hydrogen-bond acceptors (Lipinski definition) is 4. The molecule has 5 heteroatoms. The number of nitrogens with one attached hydrogen (secondary N) is 1. The number of hydrogen-bond donors (Lipinski definition) is 2. The van der Waals surface area contributed by atoms with Crippen LogP contribution in [-0.2, 0) is 4.74 Å². The first kappa shape index (κ1) is 18.4. The smallest absolute Gasteiger partial charge is 0.111 e. The van der Waals surface area contributed by atoms with Crippen molar-refractivity contribution in [3.05, 3.63) is 29.6 Å². The Bertz CT molecular complexity index is 705. The van der Waals surface area contributed by atoms with E-state index in [2.05, 4.69) is 35.0 Å². The molecule has 1 saturated heterocycles. The molecule has 0 amide bonds. The van der Waals surface area contributed by atoms with Gasteiger partial charge >= 0.3 is 0 Å². The van der Waals surface area contributed by atoms with Crippen LogP contribution >= 0.6 is 0 Å². The zero-order chi connectivity index (χ0) is 18.0. The number of likely N-dealkylation sites (tertiary alicyclic amines) is 1. The van der Waals surface area contributed by atoms with Crippen LogP contribution < -0.4 is 0 Å². The second kappa shape index (κ2) is 7.44. The summed E-state index contributed by atoms with van der Waals surface area (Å²) < 4.78 is 5.70. The van der Waals surface area contributed by atoms with Gasteiger partial charge in [-0.05, 0) is 64.8 Å². The van der Waals surface area contributed by atoms with Gasteiger partial charge in [0.1, 0.15) is 5.82 Å². The van der Waals surface area contributed by atoms with Crippen molar-refractivity contribution in [3.63, 3.8) is 0 Å². The van der Waals surface area contributed by atoms with Gasteiger partial charge in [-0.15, -0.1) is 0 Å². The zero-order valence-corrected chi connectivity index (χ0v) is 15.9. The minimum absolute atomic E-state index is 0.210. The van der Waals surface area contributed by atoms with Crippen molar-refractivity contribution < 1.29 is 9.84 Å². The summed E-state index contributed by atoms with van der Waals surface area (Å²) in [6, 6.07) is 6.34. The van der Waals surface area contributed by atoms with Crippen molar-refractivity contribution >= 4 is 11.0 Å². The number of rotatable bonds is 5. The number of imidazole rings is 1. The molecule has 138 valence electrons. The molecule has 2 aromatic rings. The lowest BCUT2D eigenvalue weighted by Crippen LogP contribution is -2.41. The standard InChI is InChI=1S/C20H31N3O2/c1-14-7-8-17-18(10-14)22-19(21-17)15-6-5-9-23(11-15)12-16(24)13-25-20(2,3)4/h7-8,10,15-16,24H,5-6,9,11-13H2,1-4H3,(H,21,22). The van der Waals surface area contributed by atoms with Crippen LogP contribution in [0.3, 0.4) is 0 Å². The molecular formula is C20H31N3O2. The molecule has 0 bridgehead atoms. The molecule has 2 N–H and O–H groups in total. The van der Waals surface area contributed by atoms with Gasteiger partial charge < -0.3 is 14.8 Å². The van der Waals surface area contributed by atoms with Gasteiger partial charge in [0.05, 0.1) is 29.3 Å². The van der Waals surface area contributed by atoms with E-state index in [1.807, 2.05) is 20.8 Å². The number of fused-ring (bicyclic) bond motifs is 1. The third-order valence-corrected chi connectivity index (χ3v) is 4.73. The Labute approximate surface area is 150 Å². The molecule has 2 atom stereocenters. The van der Waals surface area contributed by atoms with Crippen molar-refractivity contribution in [1.82, 2.24) is 14.9 Å². The summed E-state index contributed by atoms with van der Waals surface area (Å²) >= 11 is 0. The van der Waals surface area contributed by atoms with E-state index in [1.165, 1.54) is 5.56 Å². The molecule has 5 nitrogen and oxygen atoms in total. The summed E-state index contributed by atoms with van der Waals surface area (Å²) in [5.41, 5.74) is 3.19. The van der Waals surface area contributed by atoms with Crippen LogP contribution in [-0.4, -0.2) is 57.9 Å². The van der Waals surface area contributed by atoms with Gasteiger partial charge in [-0.2, -0.15) is 0 Å². The van der Waals surface area contributed by atoms with Gasteiger partial charge in [-0.1, -0.05) is 6.07 Å². The van der Waals surface area contributed by atoms with E-state index in [1.54, 1.807) is 0 Å². The van der Waals surface area contributed by atoms with E-state index >= 15 is 0 Å². The number of aliphatic hydroxyl groups excluding tert-OH is 1. The van der Waals surface area contributed by atoms with Crippen LogP contribution in [0.25, 0.3) is 11.0 Å². The number of benzene rings is 1. The van der Waals surface area contributed by atoms with Crippen molar-refractivity contribution in [1.29, 1.82) is 0 Å². The third-order valence-electron chi connectivity index (χ3n) is 4.73. The van der Waals surface area contributed by atoms with E-state index < -0.39 is 6.10 Å². The number of aliphatic hydroxyl groups is 1. The van der Waals surface area contributed by atoms with Gasteiger partial charge in [0, 0.05) is 19.0 Å². The molecule has 0 radical (unpaired) electrons. The minimum atomic E-state index is -0.448. The average Bonchev–Trinajstić information content (AvgIpc) is 2.96. The highest BCUT2D eigenvalue weighted by molar-refractivity contribution is 5.75. The summed E-state index contributed by atoms with van der Waals surface area (Å²) in [7, 11) is 0. The molecular weight excluding hydrogens is 314 g/mol. The zero-order valence-electron chi connectivity index (χ0n) is 15.9. The van der Waals surface area contributed by atoms with Crippen molar-refractivity contribution in [3.8, 4) is 0 Å². The summed E-state index contributed by atoms with van der Waals surface area (Å²) in [4.78, 5) is 10.6. The van der Waals surface area contributed by atoms with Crippen molar-refractivity contribution in [2.45, 2.75) is 58.2 Å². The topological polar surface area (TPSA) is 61.4 Å². The Balaban J connectivity index is 1.60. The Morgan fingerprint density at radius 1 is 1.40 bits per heavy atom. The summed E-state index contributed by atoms with van der Waals surface area (Å²) in [5, 5.41) is 10.3. The maximum Gasteiger partial charge on any atom is 0.111 e. The van der Waals surface area contributed by atoms with Crippen LogP contribution in [0.5, 0.6) is 0 Å². The van der Waals surface area contributed by atoms with Gasteiger partial charge in [0.15, 0.2) is 0 Å². The molecule has 3 rings (SSSR count). The number of aryl methyl sites for hydroxylation is 1. The maximum absolute atomic E-state index is 10.3. The lowest BCUT2D eigenvalue weighted by Gasteiger charge is -2.33. The lowest BCUT2D eigenvalue weighted by atomic mass is 9.97. The van der Waals surface area contributed by atoms with E-state index in [0.29, 0.717) is 19.1 Å². The van der Waals surface area contributed by atoms with Crippen LogP contribution in [0.15, 0.2) is 18.2 Å². The summed E-state index contributed by atoms with van der Waals surface area (Å²) in [6.07, 6.45) is 1.83. The van der Waals surface area contributed by atoms with E-state index in [4.69, 9.17) is 9.72 Å². The number of aromatic amines is 1. The molecule has 0 aliphatic carbocycles. The fourth-order valence-corrected chi connectivity index (χ4v) is 3.48. The maximum atomic E-state index is 10.3. The summed E-state index contributed by atoms with van der Waals surface area (Å²) in [6.45, 7) is 11.2. The predicted octanol–water partition coefficient (Wildman–Crippen LogP) is 3.23. The van der Waals surface area contributed by atoms with Crippen LogP contribution in [0.2, 0.25) is 0 Å². The highest BCUT2D eigenvalue weighted by Gasteiger charge is 2.25. The third kappa shape index (κ3) is 5.03. The molecule has 2 unspecified atom stereocenters. The highest BCUT2D eigenvalue weighted by Crippen LogP contribution is 2.27. The van der Waals surface area contributed by atoms with Crippen LogP contribution in [0.1, 0.15) is 50.9 Å². The SMILES string of the molecule is Cc1ccc2nc(C3CCCN(CC(O)COC(C)(C)C)C3)[nH]c2c1. The number of ether oxygens (including phenoxy) is 1. The molecule has 1 aliphatic heterocycles. The largest absolute Gasteiger partial charge is 0.389 e. The fourth-order valence-electron chi connectivity index (χ4n) is 3.48. The minimum Gasteiger partial charge on any atom is -0.389 e. The monoisotopic (exact) mass is 345 g/mol. The quantitative estimate of drug-likeness (QED) is 0.873. The number of nitrogens with zero attached hydrogens (tertiary/aromatic N) is 2. The van der Waals surface area contributed by atoms with Gasteiger partial charge in [0.2, 0.25) is 0 Å². The second-order valence-corrected chi connectivity index (χ2v) is 8.32. The van der Waals surface area contributed by atoms with E-state index in [-0.39, 0.29) is 5.60 Å². The molecule has 1 aliphatic rings. The van der Waals surface area contributed by atoms with Crippen LogP contribution in [0.4, 0.5) is 0 Å². The second-order valence-electron chi connectivity index (χ2n) is 8.32. The Morgan fingerprint density at radius 2 is 2.20 bits per heavy atom. The number of aromatic nitrogens is 2. The Morgan fingerprint density at radius 3 is 2.96 bits per heavy atom. The van der Waals surface area contributed by atoms with Gasteiger partial charge in [-0.25, -0.2) is 4.98 Å². The first-order chi connectivity index (χ1) is 11.8. The van der Waals surface area contributed by atoms with E-state index in [0.717, 1.165) is 42.8 Å². The molecule has 1 aromatic carbocycles. The molecule has 2 heterocycles. The van der Waals surface area contributed by atoms with Gasteiger partial charge in [-0.3, -0.25) is 4.90 Å². The summed E-state index contributed by atoms with van der Waals surface area (Å²) in [5.74, 6) is 1.47. The van der Waals surface area contributed by atoms with Crippen molar-refractivity contribution in [2.75, 3.05) is 26.2 Å². The number of piperidine rings is 1. The van der Waals surface area contributed by atoms with E-state index in [9.17, 15) is 5.11 Å². The molecule has 0 spiro atoms. The first-order valence-corrected chi connectivity index (χ1v) is 9.31. The molecule has 1 aromatic heterocycles. The number of H-pyrrole nitrogens is 1. The Kier molecular flexibility index (Phi) is 5.46. The first-order valence-electron chi connectivity index (χ1n) is 9.31. The van der Waals surface area contributed by atoms with Crippen LogP contribution in [0, 0.1) is 6.92 Å². The molecule has 1 fully saturated rings. The molecule has 0 saturated carbocycles. The fraction of sp³-hybridized carbons (Fsp3) is 0.650. The highest BCUT2D eigenvalue weighted by atomic mass is 16.5. The molecule has 25 heavy (non-hydrogen) atoms. The lowest BCUT2D eigenvalue weighted by molar-refractivity contribution is -0.0575. The predicted molar refractivity (Wildman–Crippen MR) is 101 cm³/mol. The Hall–Kier alpha value is -1.43. The van der Waals surface area contributed by atoms with Gasteiger partial charge in [0.25, 0.3) is 0 Å². The average molecular weight is 345 g/mol. The number of β-amino-alcohol motifs (C(OH)–C–C–N with tert-alkyl or cyclic N) is 1.